The van der Waals surface area contributed by atoms with Crippen LogP contribution in [0.5, 0.6) is 17.2 Å². The van der Waals surface area contributed by atoms with Gasteiger partial charge >= 0.3 is 0 Å². The highest BCUT2D eigenvalue weighted by atomic mass is 35.5. The van der Waals surface area contributed by atoms with Gasteiger partial charge < -0.3 is 24.8 Å². The first-order chi connectivity index (χ1) is 14.0. The van der Waals surface area contributed by atoms with E-state index in [1.54, 1.807) is 12.1 Å². The number of methoxy groups -OCH3 is 3. The molecule has 2 rings (SSSR count). The summed E-state index contributed by atoms with van der Waals surface area (Å²) in [4.78, 5) is 25.0. The molecule has 174 valence electrons. The van der Waals surface area contributed by atoms with E-state index in [0.29, 0.717) is 42.3 Å². The number of hydrogen-bond donors (Lipinski definition) is 3. The van der Waals surface area contributed by atoms with Crippen molar-refractivity contribution in [3.8, 4) is 17.2 Å². The van der Waals surface area contributed by atoms with Crippen LogP contribution in [0.2, 0.25) is 0 Å². The number of carbonyl (C=O) groups is 2. The molecule has 1 aliphatic rings. The van der Waals surface area contributed by atoms with E-state index in [4.69, 9.17) is 14.2 Å². The Balaban J connectivity index is 0.00000480. The predicted octanol–water partition coefficient (Wildman–Crippen LogP) is 2.46. The summed E-state index contributed by atoms with van der Waals surface area (Å²) in [6.07, 6.45) is 2.57. The molecule has 0 radical (unpaired) electrons. The molecule has 9 heteroatoms. The van der Waals surface area contributed by atoms with Gasteiger partial charge in [0.1, 0.15) is 0 Å². The van der Waals surface area contributed by atoms with E-state index >= 15 is 0 Å². The first kappa shape index (κ1) is 26.6. The molecule has 31 heavy (non-hydrogen) atoms. The van der Waals surface area contributed by atoms with Crippen molar-refractivity contribution in [2.75, 3.05) is 34.4 Å². The minimum absolute atomic E-state index is 0. The third-order valence-corrected chi connectivity index (χ3v) is 4.91. The van der Waals surface area contributed by atoms with Crippen molar-refractivity contribution in [1.29, 1.82) is 0 Å². The van der Waals surface area contributed by atoms with Gasteiger partial charge in [-0.1, -0.05) is 6.08 Å². The Morgan fingerprint density at radius 1 is 0.903 bits per heavy atom. The zero-order chi connectivity index (χ0) is 22.5. The van der Waals surface area contributed by atoms with Gasteiger partial charge in [0, 0.05) is 35.3 Å². The fourth-order valence-electron chi connectivity index (χ4n) is 3.70. The maximum atomic E-state index is 12.5. The standard InChI is InChI=1S/C22H33N3O5.ClH/c1-21(2)13-15(22(3,4)25-21)20(27)24-10-8-9-23-19(26)14-11-16(28-5)18(30-7)17(12-14)29-6;/h11-13,25H,8-10H2,1-7H3,(H,23,26)(H,24,27);1H. The number of halogens is 1. The lowest BCUT2D eigenvalue weighted by atomic mass is 9.96. The Hall–Kier alpha value is -2.45. The van der Waals surface area contributed by atoms with Crippen molar-refractivity contribution < 1.29 is 23.8 Å². The molecule has 1 heterocycles. The predicted molar refractivity (Wildman–Crippen MR) is 123 cm³/mol. The molecule has 3 N–H and O–H groups in total. The van der Waals surface area contributed by atoms with Crippen LogP contribution in [0, 0.1) is 0 Å². The maximum absolute atomic E-state index is 12.5. The average Bonchev–Trinajstić information content (AvgIpc) is 2.92. The van der Waals surface area contributed by atoms with E-state index in [0.717, 1.165) is 5.57 Å². The van der Waals surface area contributed by atoms with Crippen LogP contribution < -0.4 is 30.2 Å². The van der Waals surface area contributed by atoms with Crippen molar-refractivity contribution in [2.24, 2.45) is 0 Å². The Bertz CT molecular complexity index is 811. The molecule has 1 aromatic carbocycles. The molecule has 0 saturated carbocycles. The number of rotatable bonds is 9. The Morgan fingerprint density at radius 3 is 1.84 bits per heavy atom. The number of nitrogens with one attached hydrogen (secondary N) is 3. The van der Waals surface area contributed by atoms with Crippen molar-refractivity contribution in [2.45, 2.75) is 45.2 Å². The summed E-state index contributed by atoms with van der Waals surface area (Å²) >= 11 is 0. The third-order valence-electron chi connectivity index (χ3n) is 4.91. The maximum Gasteiger partial charge on any atom is 0.251 e. The highest BCUT2D eigenvalue weighted by Crippen LogP contribution is 2.38. The molecular formula is C22H34ClN3O5. The van der Waals surface area contributed by atoms with Crippen molar-refractivity contribution in [3.05, 3.63) is 29.3 Å². The third kappa shape index (κ3) is 6.51. The summed E-state index contributed by atoms with van der Waals surface area (Å²) in [6.45, 7) is 8.93. The van der Waals surface area contributed by atoms with Crippen molar-refractivity contribution >= 4 is 24.2 Å². The van der Waals surface area contributed by atoms with Crippen molar-refractivity contribution in [1.82, 2.24) is 16.0 Å². The van der Waals surface area contributed by atoms with E-state index in [-0.39, 0.29) is 35.3 Å². The minimum Gasteiger partial charge on any atom is -0.493 e. The molecule has 0 bridgehead atoms. The fourth-order valence-corrected chi connectivity index (χ4v) is 3.70. The zero-order valence-electron chi connectivity index (χ0n) is 19.3. The molecule has 8 nitrogen and oxygen atoms in total. The summed E-state index contributed by atoms with van der Waals surface area (Å²) in [5.74, 6) is 0.915. The molecule has 2 amide bonds. The molecule has 1 aromatic rings. The van der Waals surface area contributed by atoms with Gasteiger partial charge in [0.05, 0.1) is 21.3 Å². The molecule has 0 spiro atoms. The van der Waals surface area contributed by atoms with Gasteiger partial charge in [-0.25, -0.2) is 0 Å². The van der Waals surface area contributed by atoms with Crippen LogP contribution in [0.25, 0.3) is 0 Å². The van der Waals surface area contributed by atoms with E-state index in [2.05, 4.69) is 16.0 Å². The quantitative estimate of drug-likeness (QED) is 0.495. The second-order valence-corrected chi connectivity index (χ2v) is 8.31. The van der Waals surface area contributed by atoms with Gasteiger partial charge in [-0.2, -0.15) is 0 Å². The summed E-state index contributed by atoms with van der Waals surface area (Å²) in [5, 5.41) is 9.19. The van der Waals surface area contributed by atoms with E-state index in [1.807, 2.05) is 33.8 Å². The van der Waals surface area contributed by atoms with Crippen LogP contribution in [0.1, 0.15) is 44.5 Å². The fraction of sp³-hybridized carbons (Fsp3) is 0.545. The number of carbonyl (C=O) groups excluding carboxylic acids is 2. The Kier molecular flexibility index (Phi) is 9.20. The normalized spacial score (nSPS) is 15.9. The van der Waals surface area contributed by atoms with Gasteiger partial charge in [0.2, 0.25) is 11.7 Å². The summed E-state index contributed by atoms with van der Waals surface area (Å²) in [7, 11) is 4.51. The second-order valence-electron chi connectivity index (χ2n) is 8.31. The average molecular weight is 456 g/mol. The van der Waals surface area contributed by atoms with Crippen LogP contribution in [0.4, 0.5) is 0 Å². The molecule has 0 saturated heterocycles. The molecular weight excluding hydrogens is 422 g/mol. The monoisotopic (exact) mass is 455 g/mol. The smallest absolute Gasteiger partial charge is 0.251 e. The molecule has 0 aromatic heterocycles. The van der Waals surface area contributed by atoms with Crippen LogP contribution in [0.3, 0.4) is 0 Å². The lowest BCUT2D eigenvalue weighted by molar-refractivity contribution is -0.118. The summed E-state index contributed by atoms with van der Waals surface area (Å²) < 4.78 is 15.8. The topological polar surface area (TPSA) is 97.9 Å². The lowest BCUT2D eigenvalue weighted by Crippen LogP contribution is -2.47. The van der Waals surface area contributed by atoms with E-state index in [1.165, 1.54) is 21.3 Å². The van der Waals surface area contributed by atoms with Gasteiger partial charge in [0.25, 0.3) is 5.91 Å². The minimum atomic E-state index is -0.381. The SMILES string of the molecule is COc1cc(C(=O)NCCCNC(=O)C2=CC(C)(C)NC2(C)C)cc(OC)c1OC.Cl. The summed E-state index contributed by atoms with van der Waals surface area (Å²) in [6, 6.07) is 3.20. The summed E-state index contributed by atoms with van der Waals surface area (Å²) in [5.41, 5.74) is 0.535. The lowest BCUT2D eigenvalue weighted by Gasteiger charge is -2.27. The zero-order valence-corrected chi connectivity index (χ0v) is 20.1. The van der Waals surface area contributed by atoms with Crippen LogP contribution in [-0.4, -0.2) is 57.3 Å². The highest BCUT2D eigenvalue weighted by Gasteiger charge is 2.39. The Morgan fingerprint density at radius 2 is 1.42 bits per heavy atom. The van der Waals surface area contributed by atoms with E-state index < -0.39 is 0 Å². The molecule has 0 unspecified atom stereocenters. The van der Waals surface area contributed by atoms with Gasteiger partial charge in [-0.15, -0.1) is 12.4 Å². The van der Waals surface area contributed by atoms with E-state index in [9.17, 15) is 9.59 Å². The first-order valence-corrected chi connectivity index (χ1v) is 9.93. The second kappa shape index (κ2) is 10.7. The first-order valence-electron chi connectivity index (χ1n) is 9.93. The van der Waals surface area contributed by atoms with Crippen LogP contribution in [-0.2, 0) is 4.79 Å². The van der Waals surface area contributed by atoms with Gasteiger partial charge in [0.15, 0.2) is 11.5 Å². The van der Waals surface area contributed by atoms with Crippen LogP contribution in [0.15, 0.2) is 23.8 Å². The highest BCUT2D eigenvalue weighted by molar-refractivity contribution is 5.97. The number of hydrogen-bond acceptors (Lipinski definition) is 6. The van der Waals surface area contributed by atoms with Gasteiger partial charge in [-0.05, 0) is 46.2 Å². The molecule has 0 atom stereocenters. The van der Waals surface area contributed by atoms with Crippen LogP contribution >= 0.6 is 12.4 Å². The van der Waals surface area contributed by atoms with Crippen molar-refractivity contribution in [3.63, 3.8) is 0 Å². The number of benzene rings is 1. The number of ether oxygens (including phenoxy) is 3. The largest absolute Gasteiger partial charge is 0.493 e. The molecule has 0 aliphatic carbocycles. The Labute approximate surface area is 190 Å². The van der Waals surface area contributed by atoms with Gasteiger partial charge in [-0.3, -0.25) is 14.9 Å². The molecule has 1 aliphatic heterocycles. The number of amides is 2. The molecule has 0 fully saturated rings.